The summed E-state index contributed by atoms with van der Waals surface area (Å²) in [4.78, 5) is 27.1. The molecule has 2 aromatic carbocycles. The van der Waals surface area contributed by atoms with Crippen LogP contribution in [0, 0.1) is 0 Å². The molecule has 0 bridgehead atoms. The van der Waals surface area contributed by atoms with Crippen LogP contribution in [0.2, 0.25) is 0 Å². The Hall–Kier alpha value is -3.08. The second-order valence-corrected chi connectivity index (χ2v) is 6.79. The summed E-state index contributed by atoms with van der Waals surface area (Å²) in [6.45, 7) is 1.97. The zero-order chi connectivity index (χ0) is 18.1. The minimum Gasteiger partial charge on any atom is -0.361 e. The van der Waals surface area contributed by atoms with E-state index in [2.05, 4.69) is 21.7 Å². The minimum atomic E-state index is -0.0912. The highest BCUT2D eigenvalue weighted by Crippen LogP contribution is 2.26. The van der Waals surface area contributed by atoms with E-state index < -0.39 is 0 Å². The van der Waals surface area contributed by atoms with Gasteiger partial charge in [0.25, 0.3) is 0 Å². The SMILES string of the molecule is CC(NC(=O)CCc1c[nH]c2ccccc12)c1ccc2c(c1)CC(=O)N2. The number of amides is 2. The summed E-state index contributed by atoms with van der Waals surface area (Å²) >= 11 is 0. The van der Waals surface area contributed by atoms with Gasteiger partial charge in [0.05, 0.1) is 12.5 Å². The van der Waals surface area contributed by atoms with Gasteiger partial charge in [-0.1, -0.05) is 30.3 Å². The highest BCUT2D eigenvalue weighted by atomic mass is 16.2. The first-order chi connectivity index (χ1) is 12.6. The molecule has 3 aromatic rings. The van der Waals surface area contributed by atoms with Crippen LogP contribution < -0.4 is 10.6 Å². The predicted molar refractivity (Wildman–Crippen MR) is 102 cm³/mol. The molecule has 132 valence electrons. The predicted octanol–water partition coefficient (Wildman–Crippen LogP) is 3.47. The lowest BCUT2D eigenvalue weighted by molar-refractivity contribution is -0.121. The largest absolute Gasteiger partial charge is 0.361 e. The second-order valence-electron chi connectivity index (χ2n) is 6.79. The molecule has 4 rings (SSSR count). The Labute approximate surface area is 151 Å². The van der Waals surface area contributed by atoms with E-state index in [1.54, 1.807) is 0 Å². The van der Waals surface area contributed by atoms with Gasteiger partial charge in [-0.2, -0.15) is 0 Å². The number of carbonyl (C=O) groups is 2. The number of aromatic amines is 1. The Bertz CT molecular complexity index is 990. The van der Waals surface area contributed by atoms with Crippen LogP contribution in [0.25, 0.3) is 10.9 Å². The van der Waals surface area contributed by atoms with Crippen molar-refractivity contribution < 1.29 is 9.59 Å². The standard InChI is InChI=1S/C21H21N3O2/c1-13(14-6-8-18-16(10-14)11-21(26)24-18)23-20(25)9-7-15-12-22-19-5-3-2-4-17(15)19/h2-6,8,10,12-13,22H,7,9,11H2,1H3,(H,23,25)(H,24,26). The van der Waals surface area contributed by atoms with E-state index in [0.717, 1.165) is 27.9 Å². The van der Waals surface area contributed by atoms with Gasteiger partial charge in [0.2, 0.25) is 11.8 Å². The second kappa shape index (κ2) is 6.67. The zero-order valence-electron chi connectivity index (χ0n) is 14.6. The highest BCUT2D eigenvalue weighted by Gasteiger charge is 2.19. The van der Waals surface area contributed by atoms with Crippen molar-refractivity contribution >= 4 is 28.4 Å². The van der Waals surface area contributed by atoms with Gasteiger partial charge in [-0.25, -0.2) is 0 Å². The third-order valence-corrected chi connectivity index (χ3v) is 4.93. The molecule has 1 aliphatic rings. The number of H-pyrrole nitrogens is 1. The van der Waals surface area contributed by atoms with Crippen LogP contribution in [-0.4, -0.2) is 16.8 Å². The number of rotatable bonds is 5. The van der Waals surface area contributed by atoms with Crippen molar-refractivity contribution in [3.8, 4) is 0 Å². The number of para-hydroxylation sites is 1. The number of hydrogen-bond acceptors (Lipinski definition) is 2. The summed E-state index contributed by atoms with van der Waals surface area (Å²) in [5.41, 5.74) is 5.13. The van der Waals surface area contributed by atoms with Crippen LogP contribution in [0.1, 0.15) is 36.1 Å². The van der Waals surface area contributed by atoms with Gasteiger partial charge in [-0.05, 0) is 42.2 Å². The van der Waals surface area contributed by atoms with Crippen molar-refractivity contribution in [2.24, 2.45) is 0 Å². The fraction of sp³-hybridized carbons (Fsp3) is 0.238. The van der Waals surface area contributed by atoms with Crippen molar-refractivity contribution in [3.05, 3.63) is 65.4 Å². The average Bonchev–Trinajstić information content (AvgIpc) is 3.21. The van der Waals surface area contributed by atoms with Gasteiger partial charge in [0.15, 0.2) is 0 Å². The average molecular weight is 347 g/mol. The fourth-order valence-corrected chi connectivity index (χ4v) is 3.50. The molecule has 1 aromatic heterocycles. The number of benzene rings is 2. The first-order valence-corrected chi connectivity index (χ1v) is 8.87. The maximum Gasteiger partial charge on any atom is 0.228 e. The molecule has 0 saturated carbocycles. The van der Waals surface area contributed by atoms with Crippen LogP contribution in [-0.2, 0) is 22.4 Å². The molecule has 1 atom stereocenters. The maximum absolute atomic E-state index is 12.4. The highest BCUT2D eigenvalue weighted by molar-refractivity contribution is 5.99. The monoisotopic (exact) mass is 347 g/mol. The van der Waals surface area contributed by atoms with Crippen LogP contribution in [0.5, 0.6) is 0 Å². The third-order valence-electron chi connectivity index (χ3n) is 4.93. The first-order valence-electron chi connectivity index (χ1n) is 8.87. The Balaban J connectivity index is 1.37. The van der Waals surface area contributed by atoms with Crippen molar-refractivity contribution in [2.75, 3.05) is 5.32 Å². The number of carbonyl (C=O) groups excluding carboxylic acids is 2. The summed E-state index contributed by atoms with van der Waals surface area (Å²) < 4.78 is 0. The first kappa shape index (κ1) is 16.4. The Morgan fingerprint density at radius 1 is 1.23 bits per heavy atom. The lowest BCUT2D eigenvalue weighted by Crippen LogP contribution is -2.26. The van der Waals surface area contributed by atoms with Crippen LogP contribution >= 0.6 is 0 Å². The van der Waals surface area contributed by atoms with E-state index in [-0.39, 0.29) is 17.9 Å². The summed E-state index contributed by atoms with van der Waals surface area (Å²) in [7, 11) is 0. The summed E-state index contributed by atoms with van der Waals surface area (Å²) in [5, 5.41) is 7.05. The molecule has 0 spiro atoms. The van der Waals surface area contributed by atoms with Gasteiger partial charge in [-0.15, -0.1) is 0 Å². The van der Waals surface area contributed by atoms with Crippen LogP contribution in [0.15, 0.2) is 48.7 Å². The van der Waals surface area contributed by atoms with Crippen LogP contribution in [0.4, 0.5) is 5.69 Å². The Morgan fingerprint density at radius 2 is 2.08 bits per heavy atom. The molecule has 0 aliphatic carbocycles. The molecule has 1 unspecified atom stereocenters. The summed E-state index contributed by atoms with van der Waals surface area (Å²) in [6, 6.07) is 13.9. The Morgan fingerprint density at radius 3 is 2.96 bits per heavy atom. The van der Waals surface area contributed by atoms with Crippen molar-refractivity contribution in [1.29, 1.82) is 0 Å². The smallest absolute Gasteiger partial charge is 0.228 e. The topological polar surface area (TPSA) is 74.0 Å². The van der Waals surface area contributed by atoms with E-state index >= 15 is 0 Å². The number of fused-ring (bicyclic) bond motifs is 2. The molecule has 5 heteroatoms. The molecule has 2 heterocycles. The van der Waals surface area contributed by atoms with Gasteiger partial charge >= 0.3 is 0 Å². The molecule has 1 aliphatic heterocycles. The van der Waals surface area contributed by atoms with Gasteiger partial charge < -0.3 is 15.6 Å². The quantitative estimate of drug-likeness (QED) is 0.661. The molecule has 0 radical (unpaired) electrons. The Kier molecular flexibility index (Phi) is 4.21. The number of anilines is 1. The molecule has 3 N–H and O–H groups in total. The molecular weight excluding hydrogens is 326 g/mol. The van der Waals surface area contributed by atoms with E-state index in [9.17, 15) is 9.59 Å². The molecule has 0 fully saturated rings. The van der Waals surface area contributed by atoms with Crippen LogP contribution in [0.3, 0.4) is 0 Å². The van der Waals surface area contributed by atoms with E-state index in [0.29, 0.717) is 19.3 Å². The van der Waals surface area contributed by atoms with Gasteiger partial charge in [0.1, 0.15) is 0 Å². The number of nitrogens with one attached hydrogen (secondary N) is 3. The van der Waals surface area contributed by atoms with Crippen molar-refractivity contribution in [2.45, 2.75) is 32.2 Å². The van der Waals surface area contributed by atoms with Gasteiger partial charge in [0, 0.05) is 29.2 Å². The van der Waals surface area contributed by atoms with E-state index in [1.165, 1.54) is 5.39 Å². The number of hydrogen-bond donors (Lipinski definition) is 3. The normalized spacial score (nSPS) is 14.1. The lowest BCUT2D eigenvalue weighted by Gasteiger charge is -2.15. The van der Waals surface area contributed by atoms with Crippen molar-refractivity contribution in [3.63, 3.8) is 0 Å². The molecule has 2 amide bonds. The summed E-state index contributed by atoms with van der Waals surface area (Å²) in [6.07, 6.45) is 3.53. The van der Waals surface area contributed by atoms with Crippen molar-refractivity contribution in [1.82, 2.24) is 10.3 Å². The fourth-order valence-electron chi connectivity index (χ4n) is 3.50. The summed E-state index contributed by atoms with van der Waals surface area (Å²) in [5.74, 6) is 0.0463. The molecule has 26 heavy (non-hydrogen) atoms. The minimum absolute atomic E-state index is 0.0209. The lowest BCUT2D eigenvalue weighted by atomic mass is 10.0. The molecular formula is C21H21N3O2. The van der Waals surface area contributed by atoms with E-state index in [4.69, 9.17) is 0 Å². The van der Waals surface area contributed by atoms with E-state index in [1.807, 2.05) is 49.5 Å². The number of aromatic nitrogens is 1. The third kappa shape index (κ3) is 3.20. The molecule has 5 nitrogen and oxygen atoms in total. The maximum atomic E-state index is 12.4. The number of aryl methyl sites for hydroxylation is 1. The zero-order valence-corrected chi connectivity index (χ0v) is 14.6. The molecule has 0 saturated heterocycles. The van der Waals surface area contributed by atoms with Gasteiger partial charge in [-0.3, -0.25) is 9.59 Å².